The lowest BCUT2D eigenvalue weighted by Crippen LogP contribution is -2.26. The van der Waals surface area contributed by atoms with Gasteiger partial charge in [-0.15, -0.1) is 0 Å². The SMILES string of the molecule is CCCCCC(CCCCC)Cc1cc[n+](C)cc1. The molecule has 0 saturated heterocycles. The van der Waals surface area contributed by atoms with Gasteiger partial charge in [0.1, 0.15) is 7.05 Å². The third-order valence-electron chi connectivity index (χ3n) is 4.00. The van der Waals surface area contributed by atoms with Gasteiger partial charge in [0.2, 0.25) is 0 Å². The van der Waals surface area contributed by atoms with Gasteiger partial charge in [-0.2, -0.15) is 0 Å². The summed E-state index contributed by atoms with van der Waals surface area (Å²) in [6, 6.07) is 4.57. The lowest BCUT2D eigenvalue weighted by molar-refractivity contribution is -0.671. The van der Waals surface area contributed by atoms with Crippen molar-refractivity contribution in [3.05, 3.63) is 30.1 Å². The smallest absolute Gasteiger partial charge is 0.168 e. The molecule has 0 fully saturated rings. The summed E-state index contributed by atoms with van der Waals surface area (Å²) in [5.74, 6) is 0.894. The molecule has 1 rings (SSSR count). The first-order valence-corrected chi connectivity index (χ1v) is 8.20. The largest absolute Gasteiger partial charge is 0.208 e. The molecule has 0 aliphatic rings. The monoisotopic (exact) mass is 262 g/mol. The van der Waals surface area contributed by atoms with E-state index >= 15 is 0 Å². The number of nitrogens with zero attached hydrogens (tertiary/aromatic N) is 1. The van der Waals surface area contributed by atoms with Crippen LogP contribution in [0.5, 0.6) is 0 Å². The first kappa shape index (κ1) is 16.2. The maximum atomic E-state index is 2.29. The van der Waals surface area contributed by atoms with Gasteiger partial charge in [-0.3, -0.25) is 0 Å². The lowest BCUT2D eigenvalue weighted by Gasteiger charge is -2.16. The van der Waals surface area contributed by atoms with E-state index in [4.69, 9.17) is 0 Å². The molecule has 0 bridgehead atoms. The quantitative estimate of drug-likeness (QED) is 0.420. The Morgan fingerprint density at radius 3 is 1.89 bits per heavy atom. The Hall–Kier alpha value is -0.850. The van der Waals surface area contributed by atoms with Crippen molar-refractivity contribution in [2.75, 3.05) is 0 Å². The summed E-state index contributed by atoms with van der Waals surface area (Å²) in [6.45, 7) is 4.59. The summed E-state index contributed by atoms with van der Waals surface area (Å²) >= 11 is 0. The molecule has 0 N–H and O–H groups in total. The van der Waals surface area contributed by atoms with Crippen molar-refractivity contribution in [1.29, 1.82) is 0 Å². The molecular weight excluding hydrogens is 230 g/mol. The molecular formula is C18H32N+. The zero-order chi connectivity index (χ0) is 13.9. The number of hydrogen-bond donors (Lipinski definition) is 0. The molecule has 0 amide bonds. The van der Waals surface area contributed by atoms with Gasteiger partial charge in [-0.25, -0.2) is 4.57 Å². The van der Waals surface area contributed by atoms with Gasteiger partial charge in [0.15, 0.2) is 12.4 Å². The predicted octanol–water partition coefficient (Wildman–Crippen LogP) is 4.83. The van der Waals surface area contributed by atoms with Crippen molar-refractivity contribution in [1.82, 2.24) is 0 Å². The molecule has 0 atom stereocenters. The van der Waals surface area contributed by atoms with Crippen molar-refractivity contribution in [3.8, 4) is 0 Å². The van der Waals surface area contributed by atoms with Crippen LogP contribution >= 0.6 is 0 Å². The molecule has 0 unspecified atom stereocenters. The van der Waals surface area contributed by atoms with Crippen LogP contribution in [0.15, 0.2) is 24.5 Å². The van der Waals surface area contributed by atoms with Crippen LogP contribution in [0.25, 0.3) is 0 Å². The fourth-order valence-corrected chi connectivity index (χ4v) is 2.72. The van der Waals surface area contributed by atoms with Crippen molar-refractivity contribution in [2.45, 2.75) is 71.6 Å². The number of aromatic nitrogens is 1. The molecule has 108 valence electrons. The van der Waals surface area contributed by atoms with Gasteiger partial charge < -0.3 is 0 Å². The van der Waals surface area contributed by atoms with Crippen LogP contribution in [-0.4, -0.2) is 0 Å². The van der Waals surface area contributed by atoms with Crippen LogP contribution in [0, 0.1) is 5.92 Å². The van der Waals surface area contributed by atoms with Gasteiger partial charge in [0.25, 0.3) is 0 Å². The average Bonchev–Trinajstić information content (AvgIpc) is 2.41. The number of pyridine rings is 1. The van der Waals surface area contributed by atoms with Gasteiger partial charge >= 0.3 is 0 Å². The molecule has 1 nitrogen and oxygen atoms in total. The molecule has 1 heterocycles. The summed E-state index contributed by atoms with van der Waals surface area (Å²) in [5, 5.41) is 0. The zero-order valence-corrected chi connectivity index (χ0v) is 13.2. The van der Waals surface area contributed by atoms with E-state index in [9.17, 15) is 0 Å². The van der Waals surface area contributed by atoms with Crippen LogP contribution in [-0.2, 0) is 13.5 Å². The minimum atomic E-state index is 0.894. The van der Waals surface area contributed by atoms with E-state index in [0.29, 0.717) is 0 Å². The van der Waals surface area contributed by atoms with E-state index in [2.05, 4.69) is 50.0 Å². The molecule has 0 spiro atoms. The Bertz CT molecular complexity index is 305. The highest BCUT2D eigenvalue weighted by atomic mass is 14.9. The van der Waals surface area contributed by atoms with E-state index in [-0.39, 0.29) is 0 Å². The predicted molar refractivity (Wildman–Crippen MR) is 83.1 cm³/mol. The minimum Gasteiger partial charge on any atom is -0.208 e. The van der Waals surface area contributed by atoms with E-state index in [1.807, 2.05) is 0 Å². The normalized spacial score (nSPS) is 11.2. The third kappa shape index (κ3) is 7.34. The summed E-state index contributed by atoms with van der Waals surface area (Å²) in [5.41, 5.74) is 1.51. The van der Waals surface area contributed by atoms with Crippen LogP contribution in [0.1, 0.15) is 70.8 Å². The van der Waals surface area contributed by atoms with Crippen molar-refractivity contribution >= 4 is 0 Å². The topological polar surface area (TPSA) is 3.88 Å². The van der Waals surface area contributed by atoms with Crippen molar-refractivity contribution < 1.29 is 4.57 Å². The first-order valence-electron chi connectivity index (χ1n) is 8.20. The summed E-state index contributed by atoms with van der Waals surface area (Å²) < 4.78 is 2.12. The summed E-state index contributed by atoms with van der Waals surface area (Å²) in [4.78, 5) is 0. The fraction of sp³-hybridized carbons (Fsp3) is 0.722. The van der Waals surface area contributed by atoms with E-state index in [1.54, 1.807) is 0 Å². The van der Waals surface area contributed by atoms with E-state index in [0.717, 1.165) is 5.92 Å². The van der Waals surface area contributed by atoms with Gasteiger partial charge in [-0.05, 0) is 17.9 Å². The van der Waals surface area contributed by atoms with Crippen LogP contribution in [0.2, 0.25) is 0 Å². The zero-order valence-electron chi connectivity index (χ0n) is 13.2. The Labute approximate surface area is 120 Å². The van der Waals surface area contributed by atoms with E-state index < -0.39 is 0 Å². The lowest BCUT2D eigenvalue weighted by atomic mass is 9.89. The highest BCUT2D eigenvalue weighted by Crippen LogP contribution is 2.21. The summed E-state index contributed by atoms with van der Waals surface area (Å²) in [7, 11) is 2.09. The van der Waals surface area contributed by atoms with Crippen LogP contribution in [0.4, 0.5) is 0 Å². The Balaban J connectivity index is 2.44. The minimum absolute atomic E-state index is 0.894. The second-order valence-electron chi connectivity index (χ2n) is 5.93. The Morgan fingerprint density at radius 2 is 1.42 bits per heavy atom. The molecule has 0 aliphatic carbocycles. The maximum absolute atomic E-state index is 2.29. The maximum Gasteiger partial charge on any atom is 0.168 e. The molecule has 0 aliphatic heterocycles. The molecule has 19 heavy (non-hydrogen) atoms. The molecule has 0 saturated carbocycles. The average molecular weight is 262 g/mol. The number of rotatable bonds is 10. The second kappa shape index (κ2) is 10.00. The van der Waals surface area contributed by atoms with Crippen molar-refractivity contribution in [2.24, 2.45) is 13.0 Å². The van der Waals surface area contributed by atoms with Gasteiger partial charge in [0.05, 0.1) is 0 Å². The molecule has 0 radical (unpaired) electrons. The highest BCUT2D eigenvalue weighted by Gasteiger charge is 2.10. The molecule has 1 aromatic heterocycles. The molecule has 0 aromatic carbocycles. The van der Waals surface area contributed by atoms with E-state index in [1.165, 1.54) is 63.4 Å². The molecule has 1 aromatic rings. The third-order valence-corrected chi connectivity index (χ3v) is 4.00. The summed E-state index contributed by atoms with van der Waals surface area (Å²) in [6.07, 6.45) is 16.7. The second-order valence-corrected chi connectivity index (χ2v) is 5.93. The van der Waals surface area contributed by atoms with Gasteiger partial charge in [0, 0.05) is 12.1 Å². The fourth-order valence-electron chi connectivity index (χ4n) is 2.72. The first-order chi connectivity index (χ1) is 9.26. The van der Waals surface area contributed by atoms with Crippen molar-refractivity contribution in [3.63, 3.8) is 0 Å². The Kier molecular flexibility index (Phi) is 8.53. The number of unbranched alkanes of at least 4 members (excludes halogenated alkanes) is 4. The Morgan fingerprint density at radius 1 is 0.895 bits per heavy atom. The number of aryl methyl sites for hydroxylation is 1. The van der Waals surface area contributed by atoms with Crippen LogP contribution < -0.4 is 4.57 Å². The standard InChI is InChI=1S/C18H32N/c1-4-6-8-10-17(11-9-7-5-2)16-18-12-14-19(3)15-13-18/h12-15,17H,4-11,16H2,1-3H3/q+1. The van der Waals surface area contributed by atoms with Gasteiger partial charge in [-0.1, -0.05) is 65.2 Å². The molecule has 1 heteroatoms. The number of hydrogen-bond acceptors (Lipinski definition) is 0. The van der Waals surface area contributed by atoms with Crippen LogP contribution in [0.3, 0.4) is 0 Å². The highest BCUT2D eigenvalue weighted by molar-refractivity contribution is 5.08.